The largest absolute Gasteiger partial charge is 0.452 e. The fourth-order valence-corrected chi connectivity index (χ4v) is 2.72. The highest BCUT2D eigenvalue weighted by molar-refractivity contribution is 5.92. The van der Waals surface area contributed by atoms with Gasteiger partial charge in [0.15, 0.2) is 6.61 Å². The van der Waals surface area contributed by atoms with Crippen LogP contribution in [0.2, 0.25) is 0 Å². The summed E-state index contributed by atoms with van der Waals surface area (Å²) in [6.45, 7) is 5.75. The summed E-state index contributed by atoms with van der Waals surface area (Å²) in [4.78, 5) is 16.6. The van der Waals surface area contributed by atoms with E-state index in [1.54, 1.807) is 0 Å². The second-order valence-electron chi connectivity index (χ2n) is 5.73. The Morgan fingerprint density at radius 2 is 1.75 bits per heavy atom. The lowest BCUT2D eigenvalue weighted by Gasteiger charge is -2.09. The molecule has 0 N–H and O–H groups in total. The van der Waals surface area contributed by atoms with Gasteiger partial charge in [0.2, 0.25) is 5.82 Å². The molecular weight excluding hydrogens is 304 g/mol. The van der Waals surface area contributed by atoms with Gasteiger partial charge in [-0.05, 0) is 31.9 Å². The predicted molar refractivity (Wildman–Crippen MR) is 89.5 cm³/mol. The molecule has 0 aliphatic carbocycles. The molecule has 2 aromatic carbocycles. The number of aromatic nitrogens is 2. The van der Waals surface area contributed by atoms with Crippen molar-refractivity contribution in [3.8, 4) is 11.4 Å². The first-order valence-electron chi connectivity index (χ1n) is 7.67. The molecule has 122 valence electrons. The highest BCUT2D eigenvalue weighted by Gasteiger charge is 2.16. The molecule has 1 heterocycles. The quantitative estimate of drug-likeness (QED) is 0.679. The number of ether oxygens (including phenoxy) is 1. The molecule has 0 saturated carbocycles. The standard InChI is InChI=1S/C19H18N2O3/c1-12-9-13(2)17(14(3)10-12)19(22)23-11-16-20-18(21-24-16)15-7-5-4-6-8-15/h4-10H,11H2,1-3H3. The van der Waals surface area contributed by atoms with Crippen LogP contribution in [0.5, 0.6) is 0 Å². The van der Waals surface area contributed by atoms with Crippen molar-refractivity contribution < 1.29 is 14.1 Å². The van der Waals surface area contributed by atoms with Gasteiger partial charge in [-0.2, -0.15) is 4.98 Å². The summed E-state index contributed by atoms with van der Waals surface area (Å²) in [7, 11) is 0. The van der Waals surface area contributed by atoms with Crippen LogP contribution < -0.4 is 0 Å². The number of aryl methyl sites for hydroxylation is 3. The molecule has 0 unspecified atom stereocenters. The van der Waals surface area contributed by atoms with Crippen LogP contribution in [0, 0.1) is 20.8 Å². The molecule has 24 heavy (non-hydrogen) atoms. The number of carbonyl (C=O) groups is 1. The van der Waals surface area contributed by atoms with Crippen LogP contribution in [0.4, 0.5) is 0 Å². The lowest BCUT2D eigenvalue weighted by atomic mass is 10.00. The number of hydrogen-bond donors (Lipinski definition) is 0. The van der Waals surface area contributed by atoms with Crippen molar-refractivity contribution in [2.45, 2.75) is 27.4 Å². The van der Waals surface area contributed by atoms with Gasteiger partial charge in [-0.15, -0.1) is 0 Å². The maximum absolute atomic E-state index is 12.3. The summed E-state index contributed by atoms with van der Waals surface area (Å²) >= 11 is 0. The summed E-state index contributed by atoms with van der Waals surface area (Å²) in [6, 6.07) is 13.4. The zero-order chi connectivity index (χ0) is 17.1. The highest BCUT2D eigenvalue weighted by Crippen LogP contribution is 2.19. The van der Waals surface area contributed by atoms with E-state index in [9.17, 15) is 4.79 Å². The van der Waals surface area contributed by atoms with Gasteiger partial charge in [0, 0.05) is 5.56 Å². The van der Waals surface area contributed by atoms with Gasteiger partial charge < -0.3 is 9.26 Å². The zero-order valence-corrected chi connectivity index (χ0v) is 13.9. The maximum atomic E-state index is 12.3. The van der Waals surface area contributed by atoms with Gasteiger partial charge in [0.25, 0.3) is 5.89 Å². The van der Waals surface area contributed by atoms with Crippen molar-refractivity contribution >= 4 is 5.97 Å². The van der Waals surface area contributed by atoms with E-state index in [4.69, 9.17) is 9.26 Å². The molecule has 0 bridgehead atoms. The minimum atomic E-state index is -0.385. The molecule has 0 fully saturated rings. The van der Waals surface area contributed by atoms with E-state index in [-0.39, 0.29) is 18.5 Å². The third kappa shape index (κ3) is 3.35. The number of benzene rings is 2. The van der Waals surface area contributed by atoms with Crippen LogP contribution in [0.25, 0.3) is 11.4 Å². The summed E-state index contributed by atoms with van der Waals surface area (Å²) in [6.07, 6.45) is 0. The van der Waals surface area contributed by atoms with Gasteiger partial charge in [-0.1, -0.05) is 53.2 Å². The minimum absolute atomic E-state index is 0.0502. The van der Waals surface area contributed by atoms with Crippen molar-refractivity contribution in [3.05, 3.63) is 70.6 Å². The Morgan fingerprint density at radius 3 is 2.42 bits per heavy atom. The van der Waals surface area contributed by atoms with E-state index in [1.165, 1.54) is 0 Å². The predicted octanol–water partition coefficient (Wildman–Crippen LogP) is 4.02. The van der Waals surface area contributed by atoms with Gasteiger partial charge in [-0.25, -0.2) is 4.79 Å². The van der Waals surface area contributed by atoms with E-state index in [1.807, 2.05) is 63.2 Å². The second kappa shape index (κ2) is 6.66. The van der Waals surface area contributed by atoms with E-state index in [0.717, 1.165) is 22.3 Å². The topological polar surface area (TPSA) is 65.2 Å². The van der Waals surface area contributed by atoms with Crippen molar-refractivity contribution in [2.75, 3.05) is 0 Å². The van der Waals surface area contributed by atoms with Crippen molar-refractivity contribution in [3.63, 3.8) is 0 Å². The smallest absolute Gasteiger partial charge is 0.339 e. The SMILES string of the molecule is Cc1cc(C)c(C(=O)OCc2nc(-c3ccccc3)no2)c(C)c1. The summed E-state index contributed by atoms with van der Waals surface area (Å²) in [5.74, 6) is 0.360. The van der Waals surface area contributed by atoms with Crippen LogP contribution in [-0.2, 0) is 11.3 Å². The average molecular weight is 322 g/mol. The van der Waals surface area contributed by atoms with E-state index >= 15 is 0 Å². The fourth-order valence-electron chi connectivity index (χ4n) is 2.72. The van der Waals surface area contributed by atoms with E-state index < -0.39 is 0 Å². The highest BCUT2D eigenvalue weighted by atomic mass is 16.6. The first-order valence-corrected chi connectivity index (χ1v) is 7.67. The number of rotatable bonds is 4. The van der Waals surface area contributed by atoms with Crippen LogP contribution in [0.15, 0.2) is 47.0 Å². The Kier molecular flexibility index (Phi) is 4.42. The molecule has 0 aliphatic heterocycles. The Labute approximate surface area is 140 Å². The Bertz CT molecular complexity index is 846. The Morgan fingerprint density at radius 1 is 1.08 bits per heavy atom. The summed E-state index contributed by atoms with van der Waals surface area (Å²) in [5.41, 5.74) is 4.35. The third-order valence-electron chi connectivity index (χ3n) is 3.71. The number of hydrogen-bond acceptors (Lipinski definition) is 5. The monoisotopic (exact) mass is 322 g/mol. The van der Waals surface area contributed by atoms with Crippen LogP contribution >= 0.6 is 0 Å². The van der Waals surface area contributed by atoms with E-state index in [2.05, 4.69) is 10.1 Å². The molecule has 5 nitrogen and oxygen atoms in total. The van der Waals surface area contributed by atoms with Gasteiger partial charge >= 0.3 is 5.97 Å². The van der Waals surface area contributed by atoms with Crippen molar-refractivity contribution in [1.82, 2.24) is 10.1 Å². The number of esters is 1. The maximum Gasteiger partial charge on any atom is 0.339 e. The van der Waals surface area contributed by atoms with Crippen LogP contribution in [0.1, 0.15) is 32.9 Å². The molecule has 1 aromatic heterocycles. The van der Waals surface area contributed by atoms with Gasteiger partial charge in [0.1, 0.15) is 0 Å². The Balaban J connectivity index is 1.71. The third-order valence-corrected chi connectivity index (χ3v) is 3.71. The molecule has 0 aliphatic rings. The average Bonchev–Trinajstić information content (AvgIpc) is 3.02. The lowest BCUT2D eigenvalue weighted by Crippen LogP contribution is -2.09. The van der Waals surface area contributed by atoms with Crippen LogP contribution in [-0.4, -0.2) is 16.1 Å². The first-order chi connectivity index (χ1) is 11.5. The molecule has 3 aromatic rings. The number of carbonyl (C=O) groups excluding carboxylic acids is 1. The normalized spacial score (nSPS) is 10.6. The second-order valence-corrected chi connectivity index (χ2v) is 5.73. The summed E-state index contributed by atoms with van der Waals surface area (Å²) in [5, 5.41) is 3.91. The van der Waals surface area contributed by atoms with Crippen LogP contribution in [0.3, 0.4) is 0 Å². The molecule has 0 spiro atoms. The van der Waals surface area contributed by atoms with Gasteiger partial charge in [0.05, 0.1) is 5.56 Å². The molecule has 5 heteroatoms. The van der Waals surface area contributed by atoms with E-state index in [0.29, 0.717) is 11.4 Å². The van der Waals surface area contributed by atoms with Gasteiger partial charge in [-0.3, -0.25) is 0 Å². The molecule has 3 rings (SSSR count). The Hall–Kier alpha value is -2.95. The molecular formula is C19H18N2O3. The first kappa shape index (κ1) is 15.9. The van der Waals surface area contributed by atoms with Crippen molar-refractivity contribution in [2.24, 2.45) is 0 Å². The molecule has 0 atom stereocenters. The molecule has 0 saturated heterocycles. The summed E-state index contributed by atoms with van der Waals surface area (Å²) < 4.78 is 10.5. The number of nitrogens with zero attached hydrogens (tertiary/aromatic N) is 2. The zero-order valence-electron chi connectivity index (χ0n) is 13.9. The fraction of sp³-hybridized carbons (Fsp3) is 0.211. The molecule has 0 radical (unpaired) electrons. The minimum Gasteiger partial charge on any atom is -0.452 e. The van der Waals surface area contributed by atoms with Crippen molar-refractivity contribution in [1.29, 1.82) is 0 Å². The molecule has 0 amide bonds. The lowest BCUT2D eigenvalue weighted by molar-refractivity contribution is 0.0428.